The highest BCUT2D eigenvalue weighted by atomic mass is 16.3. The minimum absolute atomic E-state index is 0.0528. The summed E-state index contributed by atoms with van der Waals surface area (Å²) in [4.78, 5) is 5.08. The van der Waals surface area contributed by atoms with E-state index in [9.17, 15) is 0 Å². The summed E-state index contributed by atoms with van der Waals surface area (Å²) in [5, 5.41) is 1.21. The van der Waals surface area contributed by atoms with Crippen LogP contribution in [0, 0.1) is 6.92 Å². The van der Waals surface area contributed by atoms with Crippen molar-refractivity contribution in [3.8, 4) is 0 Å². The molecule has 0 bridgehead atoms. The van der Waals surface area contributed by atoms with Crippen molar-refractivity contribution in [3.05, 3.63) is 125 Å². The largest absolute Gasteiger partial charge is 0.468 e. The van der Waals surface area contributed by atoms with Crippen LogP contribution >= 0.6 is 0 Å². The van der Waals surface area contributed by atoms with E-state index in [1.807, 2.05) is 0 Å². The predicted octanol–water partition coefficient (Wildman–Crippen LogP) is 11.5. The fourth-order valence-corrected chi connectivity index (χ4v) is 10.5. The first-order chi connectivity index (χ1) is 25.2. The van der Waals surface area contributed by atoms with Crippen LogP contribution in [0.3, 0.4) is 0 Å². The first-order valence-corrected chi connectivity index (χ1v) is 19.8. The second-order valence-corrected chi connectivity index (χ2v) is 19.1. The molecule has 2 aliphatic carbocycles. The van der Waals surface area contributed by atoms with Gasteiger partial charge in [-0.2, -0.15) is 0 Å². The lowest BCUT2D eigenvalue weighted by molar-refractivity contribution is 0.332. The first-order valence-electron chi connectivity index (χ1n) is 19.8. The Kier molecular flexibility index (Phi) is 6.65. The zero-order valence-corrected chi connectivity index (χ0v) is 32.9. The Hall–Kier alpha value is -4.70. The zero-order chi connectivity index (χ0) is 36.8. The third-order valence-electron chi connectivity index (χ3n) is 13.9. The summed E-state index contributed by atoms with van der Waals surface area (Å²) in [6.45, 7) is 21.7. The van der Waals surface area contributed by atoms with Gasteiger partial charge in [-0.1, -0.05) is 104 Å². The van der Waals surface area contributed by atoms with E-state index in [0.717, 1.165) is 16.9 Å². The van der Waals surface area contributed by atoms with Crippen LogP contribution in [-0.4, -0.2) is 6.71 Å². The number of anilines is 6. The number of hydrogen-bond acceptors (Lipinski definition) is 3. The molecule has 1 aromatic heterocycles. The summed E-state index contributed by atoms with van der Waals surface area (Å²) in [5.41, 5.74) is 19.5. The first kappa shape index (κ1) is 32.9. The molecule has 2 aliphatic heterocycles. The molecule has 0 spiro atoms. The van der Waals surface area contributed by atoms with Gasteiger partial charge in [-0.15, -0.1) is 0 Å². The van der Waals surface area contributed by atoms with Gasteiger partial charge in [0.05, 0.1) is 11.3 Å². The maximum Gasteiger partial charge on any atom is 0.297 e. The van der Waals surface area contributed by atoms with E-state index in [2.05, 4.69) is 169 Å². The molecule has 3 heterocycles. The van der Waals surface area contributed by atoms with Gasteiger partial charge < -0.3 is 14.2 Å². The van der Waals surface area contributed by atoms with Crippen LogP contribution in [0.5, 0.6) is 0 Å². The van der Waals surface area contributed by atoms with Crippen LogP contribution in [0.15, 0.2) is 101 Å². The van der Waals surface area contributed by atoms with E-state index in [0.29, 0.717) is 0 Å². The highest BCUT2D eigenvalue weighted by Gasteiger charge is 2.49. The van der Waals surface area contributed by atoms with E-state index in [1.165, 1.54) is 98.2 Å². The van der Waals surface area contributed by atoms with Crippen molar-refractivity contribution < 1.29 is 4.42 Å². The third-order valence-corrected chi connectivity index (χ3v) is 13.9. The lowest BCUT2D eigenvalue weighted by atomic mass is 9.35. The summed E-state index contributed by atoms with van der Waals surface area (Å²) < 4.78 is 7.42. The van der Waals surface area contributed by atoms with Gasteiger partial charge in [0.1, 0.15) is 5.58 Å². The molecular weight excluding hydrogens is 643 g/mol. The van der Waals surface area contributed by atoms with E-state index < -0.39 is 0 Å². The molecule has 0 saturated carbocycles. The molecule has 5 aromatic carbocycles. The van der Waals surface area contributed by atoms with E-state index in [-0.39, 0.29) is 28.4 Å². The summed E-state index contributed by atoms with van der Waals surface area (Å²) >= 11 is 0. The average Bonchev–Trinajstić information content (AvgIpc) is 3.50. The topological polar surface area (TPSA) is 19.6 Å². The highest BCUT2D eigenvalue weighted by Crippen LogP contribution is 2.53. The Bertz CT molecular complexity index is 2500. The van der Waals surface area contributed by atoms with Crippen LogP contribution < -0.4 is 26.4 Å². The van der Waals surface area contributed by atoms with Gasteiger partial charge >= 0.3 is 0 Å². The van der Waals surface area contributed by atoms with Crippen LogP contribution in [0.25, 0.3) is 11.0 Å². The lowest BCUT2D eigenvalue weighted by Gasteiger charge is -2.46. The van der Waals surface area contributed by atoms with Gasteiger partial charge in [0.15, 0.2) is 0 Å². The fraction of sp³-hybridized carbons (Fsp3) is 0.347. The number of fused-ring (bicyclic) bond motifs is 8. The molecule has 0 saturated heterocycles. The minimum Gasteiger partial charge on any atom is -0.468 e. The van der Waals surface area contributed by atoms with Crippen molar-refractivity contribution in [2.75, 3.05) is 9.80 Å². The maximum atomic E-state index is 7.42. The Balaban J connectivity index is 1.35. The molecule has 0 atom stereocenters. The monoisotopic (exact) mass is 694 g/mol. The Morgan fingerprint density at radius 2 is 1.06 bits per heavy atom. The van der Waals surface area contributed by atoms with Gasteiger partial charge in [-0.3, -0.25) is 0 Å². The molecule has 6 aromatic rings. The van der Waals surface area contributed by atoms with Crippen molar-refractivity contribution >= 4 is 68.4 Å². The van der Waals surface area contributed by atoms with Crippen molar-refractivity contribution in [2.24, 2.45) is 0 Å². The second-order valence-electron chi connectivity index (χ2n) is 19.1. The molecule has 0 amide bonds. The Morgan fingerprint density at radius 1 is 0.528 bits per heavy atom. The zero-order valence-electron chi connectivity index (χ0n) is 32.9. The molecule has 0 radical (unpaired) electrons. The molecule has 0 fully saturated rings. The van der Waals surface area contributed by atoms with Crippen LogP contribution in [0.2, 0.25) is 0 Å². The normalized spacial score (nSPS) is 19.6. The van der Waals surface area contributed by atoms with Crippen molar-refractivity contribution in [2.45, 2.75) is 110 Å². The van der Waals surface area contributed by atoms with Gasteiger partial charge in [0.2, 0.25) is 0 Å². The average molecular weight is 695 g/mol. The number of para-hydroxylation sites is 2. The van der Waals surface area contributed by atoms with Crippen LogP contribution in [-0.2, 0) is 21.7 Å². The standard InChI is InChI=1S/C49H51BN2O/c1-30-16-13-14-19-38(30)52-40-21-15-20-39-43(40)50(37-27-34-35(28-41(37)52)48(6,7)24-23-47(34,4)5)45-44(51(39)31-17-11-10-12-18-31)32-26-33-36(29-42(32)53-45)49(8,9)25-22-46(33,2)3/h10-21,26-29H,22-25H2,1-9H3. The van der Waals surface area contributed by atoms with Crippen molar-refractivity contribution in [1.82, 2.24) is 0 Å². The molecule has 53 heavy (non-hydrogen) atoms. The smallest absolute Gasteiger partial charge is 0.297 e. The molecule has 10 rings (SSSR count). The van der Waals surface area contributed by atoms with Crippen LogP contribution in [0.1, 0.15) is 109 Å². The van der Waals surface area contributed by atoms with Crippen molar-refractivity contribution in [3.63, 3.8) is 0 Å². The Morgan fingerprint density at radius 3 is 1.70 bits per heavy atom. The van der Waals surface area contributed by atoms with Gasteiger partial charge in [-0.05, 0) is 142 Å². The number of furan rings is 1. The van der Waals surface area contributed by atoms with Crippen LogP contribution in [0.4, 0.5) is 34.1 Å². The van der Waals surface area contributed by atoms with Crippen molar-refractivity contribution in [1.29, 1.82) is 0 Å². The second kappa shape index (κ2) is 10.7. The number of rotatable bonds is 2. The SMILES string of the molecule is Cc1ccccc1N1c2cc3c(cc2B2c4oc5cc6c(cc5c4N(c4ccccc4)c4cccc1c42)C(C)(C)CCC6(C)C)C(C)(C)CCC3(C)C. The summed E-state index contributed by atoms with van der Waals surface area (Å²) in [7, 11) is 0. The molecule has 266 valence electrons. The van der Waals surface area contributed by atoms with Gasteiger partial charge in [0, 0.05) is 33.8 Å². The number of aryl methyl sites for hydroxylation is 1. The molecule has 4 aliphatic rings. The van der Waals surface area contributed by atoms with E-state index in [1.54, 1.807) is 0 Å². The summed E-state index contributed by atoms with van der Waals surface area (Å²) in [6, 6.07) is 36.9. The van der Waals surface area contributed by atoms with Gasteiger partial charge in [0.25, 0.3) is 6.71 Å². The number of hydrogen-bond donors (Lipinski definition) is 0. The third kappa shape index (κ3) is 4.54. The van der Waals surface area contributed by atoms with Gasteiger partial charge in [-0.25, -0.2) is 0 Å². The molecule has 4 heteroatoms. The molecule has 0 unspecified atom stereocenters. The molecule has 0 N–H and O–H groups in total. The predicted molar refractivity (Wildman–Crippen MR) is 226 cm³/mol. The number of nitrogens with zero attached hydrogens (tertiary/aromatic N) is 2. The molecule has 3 nitrogen and oxygen atoms in total. The van der Waals surface area contributed by atoms with E-state index >= 15 is 0 Å². The number of benzene rings is 5. The van der Waals surface area contributed by atoms with E-state index in [4.69, 9.17) is 4.42 Å². The molecular formula is C49H51BN2O. The minimum atomic E-state index is -0.0528. The summed E-state index contributed by atoms with van der Waals surface area (Å²) in [6.07, 6.45) is 4.70. The quantitative estimate of drug-likeness (QED) is 0.168. The highest BCUT2D eigenvalue weighted by molar-refractivity contribution is 7.00. The Labute approximate surface area is 316 Å². The fourth-order valence-electron chi connectivity index (χ4n) is 10.5. The lowest BCUT2D eigenvalue weighted by Crippen LogP contribution is -2.61. The maximum absolute atomic E-state index is 7.42. The summed E-state index contributed by atoms with van der Waals surface area (Å²) in [5.74, 6) is 0.